The molecule has 2 aromatic rings. The van der Waals surface area contributed by atoms with Crippen LogP contribution < -0.4 is 5.32 Å². The summed E-state index contributed by atoms with van der Waals surface area (Å²) in [6.45, 7) is 6.69. The number of aromatic nitrogens is 1. The molecule has 3 heterocycles. The average Bonchev–Trinajstić information content (AvgIpc) is 3.47. The lowest BCUT2D eigenvalue weighted by Gasteiger charge is -2.29. The second-order valence-electron chi connectivity index (χ2n) is 10.4. The molecule has 1 aliphatic carbocycles. The van der Waals surface area contributed by atoms with E-state index in [4.69, 9.17) is 9.47 Å². The van der Waals surface area contributed by atoms with Crippen molar-refractivity contribution in [1.29, 1.82) is 0 Å². The van der Waals surface area contributed by atoms with Crippen LogP contribution in [0.25, 0.3) is 11.3 Å². The smallest absolute Gasteiger partial charge is 0.268 e. The van der Waals surface area contributed by atoms with Gasteiger partial charge in [0.1, 0.15) is 23.0 Å². The molecule has 8 heteroatoms. The maximum absolute atomic E-state index is 13.5. The van der Waals surface area contributed by atoms with E-state index in [0.29, 0.717) is 24.2 Å². The van der Waals surface area contributed by atoms with Crippen LogP contribution in [-0.4, -0.2) is 58.6 Å². The fraction of sp³-hybridized carbons (Fsp3) is 0.464. The molecule has 0 saturated carbocycles. The number of phenols is 2. The number of phenolic OH excluding ortho intramolecular Hbond substituents is 2. The van der Waals surface area contributed by atoms with Crippen molar-refractivity contribution >= 4 is 5.91 Å². The molecule has 1 unspecified atom stereocenters. The van der Waals surface area contributed by atoms with Crippen molar-refractivity contribution in [3.8, 4) is 22.8 Å². The Hall–Kier alpha value is -3.39. The van der Waals surface area contributed by atoms with Crippen LogP contribution in [0.5, 0.6) is 11.5 Å². The fourth-order valence-electron chi connectivity index (χ4n) is 5.28. The molecule has 3 aliphatic rings. The predicted octanol–water partition coefficient (Wildman–Crippen LogP) is 4.31. The molecule has 1 saturated heterocycles. The summed E-state index contributed by atoms with van der Waals surface area (Å²) >= 11 is 0. The molecule has 8 nitrogen and oxygen atoms in total. The third-order valence-electron chi connectivity index (χ3n) is 7.42. The molecule has 0 spiro atoms. The average molecular weight is 494 g/mol. The minimum atomic E-state index is -0.113. The summed E-state index contributed by atoms with van der Waals surface area (Å²) < 4.78 is 13.1. The molecule has 1 aromatic heterocycles. The highest BCUT2D eigenvalue weighted by atomic mass is 16.7. The van der Waals surface area contributed by atoms with E-state index in [9.17, 15) is 15.0 Å². The number of piperidine rings is 1. The van der Waals surface area contributed by atoms with Gasteiger partial charge in [-0.05, 0) is 68.7 Å². The van der Waals surface area contributed by atoms with E-state index in [1.165, 1.54) is 6.07 Å². The third-order valence-corrected chi connectivity index (χ3v) is 7.42. The Bertz CT molecular complexity index is 1200. The summed E-state index contributed by atoms with van der Waals surface area (Å²) in [7, 11) is 2.10. The Kier molecular flexibility index (Phi) is 6.71. The number of carbonyl (C=O) groups is 1. The molecule has 0 bridgehead atoms. The van der Waals surface area contributed by atoms with Crippen molar-refractivity contribution in [3.63, 3.8) is 0 Å². The summed E-state index contributed by atoms with van der Waals surface area (Å²) in [6, 6.07) is 7.06. The number of ether oxygens (including phenoxy) is 2. The molecular weight excluding hydrogens is 458 g/mol. The Labute approximate surface area is 211 Å². The Morgan fingerprint density at radius 3 is 2.67 bits per heavy atom. The van der Waals surface area contributed by atoms with E-state index in [-0.39, 0.29) is 42.1 Å². The molecule has 192 valence electrons. The minimum Gasteiger partial charge on any atom is -0.508 e. The summed E-state index contributed by atoms with van der Waals surface area (Å²) in [4.78, 5) is 15.8. The van der Waals surface area contributed by atoms with Crippen molar-refractivity contribution in [1.82, 2.24) is 14.8 Å². The van der Waals surface area contributed by atoms with E-state index in [0.717, 1.165) is 48.7 Å². The molecule has 5 rings (SSSR count). The first-order valence-corrected chi connectivity index (χ1v) is 12.7. The number of nitrogens with zero attached hydrogens (tertiary/aromatic N) is 2. The van der Waals surface area contributed by atoms with Gasteiger partial charge in [0, 0.05) is 36.6 Å². The zero-order valence-electron chi connectivity index (χ0n) is 21.2. The van der Waals surface area contributed by atoms with Crippen LogP contribution in [-0.2, 0) is 16.0 Å². The molecule has 36 heavy (non-hydrogen) atoms. The Morgan fingerprint density at radius 1 is 1.14 bits per heavy atom. The van der Waals surface area contributed by atoms with Crippen LogP contribution in [0.2, 0.25) is 0 Å². The number of hydrogen-bond acceptors (Lipinski definition) is 6. The maximum Gasteiger partial charge on any atom is 0.268 e. The summed E-state index contributed by atoms with van der Waals surface area (Å²) in [5, 5.41) is 24.4. The molecule has 1 atom stereocenters. The van der Waals surface area contributed by atoms with Crippen LogP contribution in [0.3, 0.4) is 0 Å². The number of aromatic hydroxyl groups is 2. The van der Waals surface area contributed by atoms with Crippen molar-refractivity contribution < 1.29 is 24.5 Å². The Morgan fingerprint density at radius 2 is 1.92 bits per heavy atom. The zero-order chi connectivity index (χ0) is 25.4. The van der Waals surface area contributed by atoms with Crippen molar-refractivity contribution in [2.24, 2.45) is 5.92 Å². The second-order valence-corrected chi connectivity index (χ2v) is 10.4. The summed E-state index contributed by atoms with van der Waals surface area (Å²) in [5.74, 6) is 1.72. The van der Waals surface area contributed by atoms with Crippen LogP contribution in [0.1, 0.15) is 55.1 Å². The van der Waals surface area contributed by atoms with Gasteiger partial charge in [-0.3, -0.25) is 4.79 Å². The number of allylic oxidation sites excluding steroid dienone is 3. The van der Waals surface area contributed by atoms with Gasteiger partial charge in [-0.25, -0.2) is 0 Å². The summed E-state index contributed by atoms with van der Waals surface area (Å²) in [5.41, 5.74) is 2.63. The van der Waals surface area contributed by atoms with E-state index in [1.54, 1.807) is 0 Å². The van der Waals surface area contributed by atoms with Gasteiger partial charge in [0.2, 0.25) is 6.79 Å². The number of benzene rings is 1. The lowest BCUT2D eigenvalue weighted by molar-refractivity contribution is 0.0716. The number of amides is 1. The van der Waals surface area contributed by atoms with E-state index in [1.807, 2.05) is 42.7 Å². The number of likely N-dealkylation sites (tertiary alicyclic amines) is 1. The van der Waals surface area contributed by atoms with E-state index >= 15 is 0 Å². The van der Waals surface area contributed by atoms with Gasteiger partial charge in [-0.1, -0.05) is 19.9 Å². The molecular formula is C28H35N3O5. The van der Waals surface area contributed by atoms with Crippen LogP contribution in [0.4, 0.5) is 0 Å². The van der Waals surface area contributed by atoms with Crippen LogP contribution in [0.15, 0.2) is 47.9 Å². The normalized spacial score (nSPS) is 20.4. The number of hydrogen-bond donors (Lipinski definition) is 3. The fourth-order valence-corrected chi connectivity index (χ4v) is 5.28. The molecule has 2 aliphatic heterocycles. The van der Waals surface area contributed by atoms with Gasteiger partial charge in [0.05, 0.1) is 5.69 Å². The van der Waals surface area contributed by atoms with Gasteiger partial charge in [-0.15, -0.1) is 0 Å². The highest BCUT2D eigenvalue weighted by Gasteiger charge is 2.28. The monoisotopic (exact) mass is 493 g/mol. The van der Waals surface area contributed by atoms with Crippen molar-refractivity contribution in [3.05, 3.63) is 59.2 Å². The Balaban J connectivity index is 1.49. The zero-order valence-corrected chi connectivity index (χ0v) is 21.2. The van der Waals surface area contributed by atoms with E-state index < -0.39 is 0 Å². The van der Waals surface area contributed by atoms with Crippen LogP contribution in [0, 0.1) is 5.92 Å². The van der Waals surface area contributed by atoms with Crippen molar-refractivity contribution in [2.75, 3.05) is 26.9 Å². The van der Waals surface area contributed by atoms with Gasteiger partial charge < -0.3 is 34.5 Å². The first-order valence-electron chi connectivity index (χ1n) is 12.7. The highest BCUT2D eigenvalue weighted by Crippen LogP contribution is 2.39. The largest absolute Gasteiger partial charge is 0.508 e. The molecule has 0 radical (unpaired) electrons. The summed E-state index contributed by atoms with van der Waals surface area (Å²) in [6.07, 6.45) is 6.55. The SMILES string of the molecule is CC(C)c1cc(-c2ccc(C(=O)NC3CCN(C)CC3)n2CC2C=CC3=C(C2)OCO3)c(O)cc1O. The molecule has 1 fully saturated rings. The topological polar surface area (TPSA) is 96.2 Å². The van der Waals surface area contributed by atoms with Gasteiger partial charge in [0.25, 0.3) is 5.91 Å². The third kappa shape index (κ3) is 4.82. The molecule has 1 amide bonds. The van der Waals surface area contributed by atoms with Crippen LogP contribution >= 0.6 is 0 Å². The highest BCUT2D eigenvalue weighted by molar-refractivity contribution is 5.94. The van der Waals surface area contributed by atoms with Gasteiger partial charge in [-0.2, -0.15) is 0 Å². The number of carbonyl (C=O) groups excluding carboxylic acids is 1. The molecule has 3 N–H and O–H groups in total. The first kappa shape index (κ1) is 24.3. The van der Waals surface area contributed by atoms with Gasteiger partial charge in [0.15, 0.2) is 5.76 Å². The minimum absolute atomic E-state index is 0.0183. The molecule has 1 aromatic carbocycles. The lowest BCUT2D eigenvalue weighted by atomic mass is 9.96. The maximum atomic E-state index is 13.5. The lowest BCUT2D eigenvalue weighted by Crippen LogP contribution is -2.43. The second kappa shape index (κ2) is 9.93. The van der Waals surface area contributed by atoms with Crippen molar-refractivity contribution in [2.45, 2.75) is 51.6 Å². The van der Waals surface area contributed by atoms with E-state index in [2.05, 4.69) is 23.3 Å². The number of nitrogens with one attached hydrogen (secondary N) is 1. The number of rotatable bonds is 6. The predicted molar refractivity (Wildman–Crippen MR) is 137 cm³/mol. The van der Waals surface area contributed by atoms with Gasteiger partial charge >= 0.3 is 0 Å². The standard InChI is InChI=1S/C28H35N3O5/c1-17(2)20-13-21(25(33)14-24(20)32)22-5-6-23(28(34)29-19-8-10-30(3)11-9-19)31(22)15-18-4-7-26-27(12-18)36-16-35-26/h4-7,13-14,17-19,32-33H,8-12,15-16H2,1-3H3,(H,29,34). The quantitative estimate of drug-likeness (QED) is 0.555. The first-order chi connectivity index (χ1) is 17.3.